The maximum absolute atomic E-state index is 13.0. The van der Waals surface area contributed by atoms with E-state index in [1.807, 2.05) is 12.1 Å². The van der Waals surface area contributed by atoms with Crippen LogP contribution in [0.4, 0.5) is 0 Å². The molecular weight excluding hydrogens is 394 g/mol. The highest BCUT2D eigenvalue weighted by molar-refractivity contribution is 5.97. The van der Waals surface area contributed by atoms with Gasteiger partial charge in [-0.15, -0.1) is 0 Å². The fraction of sp³-hybridized carbons (Fsp3) is 0.480. The highest BCUT2D eigenvalue weighted by atomic mass is 16.5. The number of amides is 1. The van der Waals surface area contributed by atoms with Crippen LogP contribution in [0.5, 0.6) is 23.0 Å². The maximum Gasteiger partial charge on any atom is 0.255 e. The maximum atomic E-state index is 13.0. The molecule has 0 aliphatic heterocycles. The van der Waals surface area contributed by atoms with E-state index in [-0.39, 0.29) is 34.9 Å². The van der Waals surface area contributed by atoms with E-state index in [1.54, 1.807) is 26.4 Å². The van der Waals surface area contributed by atoms with E-state index in [4.69, 9.17) is 9.47 Å². The fourth-order valence-electron chi connectivity index (χ4n) is 7.78. The normalized spacial score (nSPS) is 33.4. The molecule has 1 amide bonds. The van der Waals surface area contributed by atoms with Crippen LogP contribution in [-0.2, 0) is 12.0 Å². The van der Waals surface area contributed by atoms with E-state index in [0.717, 1.165) is 41.7 Å². The summed E-state index contributed by atoms with van der Waals surface area (Å²) < 4.78 is 10.6. The Morgan fingerprint density at radius 3 is 2.16 bits per heavy atom. The zero-order valence-electron chi connectivity index (χ0n) is 17.8. The standard InChI is InChI=1S/C25H27NO5/c1-30-17-3-13(4-18(7-17)31-2)12-26-23(29)19-8-20(22(28)9-21(19)27)24-10-15-5-14-6-16(11-24)25(14,15)24/h3-4,7-9,14-16,27-28H,5-6,10-12H2,1-2H3,(H,26,29). The lowest BCUT2D eigenvalue weighted by Gasteiger charge is -2.91. The summed E-state index contributed by atoms with van der Waals surface area (Å²) in [6, 6.07) is 8.52. The molecule has 0 bridgehead atoms. The van der Waals surface area contributed by atoms with Crippen molar-refractivity contribution in [2.24, 2.45) is 23.2 Å². The Hall–Kier alpha value is -2.89. The number of carbonyl (C=O) groups excluding carboxylic acids is 1. The molecule has 2 unspecified atom stereocenters. The SMILES string of the molecule is COc1cc(CNC(=O)c2cc(C34CC5CC6CC(C3)C654)c(O)cc2O)cc(OC)c1. The van der Waals surface area contributed by atoms with Gasteiger partial charge in [-0.1, -0.05) is 0 Å². The minimum absolute atomic E-state index is 0.0104. The molecule has 6 nitrogen and oxygen atoms in total. The monoisotopic (exact) mass is 421 g/mol. The second kappa shape index (κ2) is 6.09. The molecule has 162 valence electrons. The highest BCUT2D eigenvalue weighted by Gasteiger charge is 2.88. The first-order chi connectivity index (χ1) is 14.9. The minimum Gasteiger partial charge on any atom is -0.508 e. The molecule has 2 atom stereocenters. The van der Waals surface area contributed by atoms with Gasteiger partial charge in [0.05, 0.1) is 19.8 Å². The average molecular weight is 421 g/mol. The zero-order chi connectivity index (χ0) is 21.5. The van der Waals surface area contributed by atoms with Crippen LogP contribution >= 0.6 is 0 Å². The van der Waals surface area contributed by atoms with Crippen LogP contribution in [0.25, 0.3) is 0 Å². The Morgan fingerprint density at radius 1 is 0.968 bits per heavy atom. The van der Waals surface area contributed by atoms with Gasteiger partial charge < -0.3 is 25.0 Å². The second-order valence-electron chi connectivity index (χ2n) is 9.78. The summed E-state index contributed by atoms with van der Waals surface area (Å²) in [5.74, 6) is 3.23. The molecule has 0 radical (unpaired) electrons. The van der Waals surface area contributed by atoms with E-state index in [1.165, 1.54) is 18.9 Å². The molecule has 4 aliphatic carbocycles. The Morgan fingerprint density at radius 2 is 1.61 bits per heavy atom. The van der Waals surface area contributed by atoms with Crippen LogP contribution in [0.3, 0.4) is 0 Å². The smallest absolute Gasteiger partial charge is 0.255 e. The van der Waals surface area contributed by atoms with E-state index < -0.39 is 0 Å². The molecule has 1 spiro atoms. The van der Waals surface area contributed by atoms with Crippen molar-refractivity contribution < 1.29 is 24.5 Å². The van der Waals surface area contributed by atoms with Gasteiger partial charge in [0.1, 0.15) is 23.0 Å². The number of phenols is 2. The summed E-state index contributed by atoms with van der Waals surface area (Å²) >= 11 is 0. The third-order valence-electron chi connectivity index (χ3n) is 8.92. The number of aromatic hydroxyl groups is 2. The summed E-state index contributed by atoms with van der Waals surface area (Å²) in [6.07, 6.45) is 4.86. The predicted molar refractivity (Wildman–Crippen MR) is 114 cm³/mol. The van der Waals surface area contributed by atoms with Gasteiger partial charge >= 0.3 is 0 Å². The van der Waals surface area contributed by atoms with Crippen molar-refractivity contribution >= 4 is 5.91 Å². The number of phenolic OH excluding ortho intramolecular Hbond substituents is 2. The molecule has 0 saturated heterocycles. The van der Waals surface area contributed by atoms with Gasteiger partial charge in [0.2, 0.25) is 0 Å². The van der Waals surface area contributed by atoms with Gasteiger partial charge in [-0.25, -0.2) is 0 Å². The first-order valence-corrected chi connectivity index (χ1v) is 11.0. The molecule has 2 aromatic carbocycles. The lowest BCUT2D eigenvalue weighted by molar-refractivity contribution is -0.395. The van der Waals surface area contributed by atoms with Crippen LogP contribution in [0, 0.1) is 23.2 Å². The van der Waals surface area contributed by atoms with Gasteiger partial charge in [-0.05, 0) is 72.6 Å². The predicted octanol–water partition coefficient (Wildman–Crippen LogP) is 3.73. The molecule has 4 saturated carbocycles. The third-order valence-corrected chi connectivity index (χ3v) is 8.92. The number of hydrogen-bond donors (Lipinski definition) is 3. The Bertz CT molecular complexity index is 1060. The van der Waals surface area contributed by atoms with Crippen molar-refractivity contribution in [2.75, 3.05) is 14.2 Å². The third kappa shape index (κ3) is 2.15. The number of benzene rings is 2. The lowest BCUT2D eigenvalue weighted by atomic mass is 9.12. The molecule has 2 aromatic rings. The minimum atomic E-state index is -0.361. The van der Waals surface area contributed by atoms with Gasteiger partial charge in [0.25, 0.3) is 5.91 Å². The van der Waals surface area contributed by atoms with E-state index in [9.17, 15) is 15.0 Å². The van der Waals surface area contributed by atoms with Crippen LogP contribution in [0.1, 0.15) is 47.2 Å². The fourth-order valence-corrected chi connectivity index (χ4v) is 7.78. The molecule has 31 heavy (non-hydrogen) atoms. The van der Waals surface area contributed by atoms with Crippen LogP contribution in [0.2, 0.25) is 0 Å². The Labute approximate surface area is 181 Å². The van der Waals surface area contributed by atoms with Crippen molar-refractivity contribution in [2.45, 2.75) is 37.6 Å². The van der Waals surface area contributed by atoms with Crippen LogP contribution in [0.15, 0.2) is 30.3 Å². The summed E-state index contributed by atoms with van der Waals surface area (Å²) in [4.78, 5) is 13.0. The summed E-state index contributed by atoms with van der Waals surface area (Å²) in [5.41, 5.74) is 2.30. The number of rotatable bonds is 6. The van der Waals surface area contributed by atoms with E-state index in [2.05, 4.69) is 5.32 Å². The summed E-state index contributed by atoms with van der Waals surface area (Å²) in [5, 5.41) is 24.0. The quantitative estimate of drug-likeness (QED) is 0.662. The topological polar surface area (TPSA) is 88.0 Å². The number of nitrogens with one attached hydrogen (secondary N) is 1. The van der Waals surface area contributed by atoms with Crippen molar-refractivity contribution in [3.63, 3.8) is 0 Å². The molecule has 4 fully saturated rings. The van der Waals surface area contributed by atoms with E-state index in [0.29, 0.717) is 16.9 Å². The van der Waals surface area contributed by atoms with Gasteiger partial charge in [0, 0.05) is 29.7 Å². The van der Waals surface area contributed by atoms with Crippen molar-refractivity contribution in [3.8, 4) is 23.0 Å². The van der Waals surface area contributed by atoms with E-state index >= 15 is 0 Å². The molecule has 0 heterocycles. The highest BCUT2D eigenvalue weighted by Crippen LogP contribution is 2.93. The largest absolute Gasteiger partial charge is 0.508 e. The summed E-state index contributed by atoms with van der Waals surface area (Å²) in [6.45, 7) is 0.267. The van der Waals surface area contributed by atoms with Gasteiger partial charge in [-0.2, -0.15) is 0 Å². The van der Waals surface area contributed by atoms with Crippen molar-refractivity contribution in [1.29, 1.82) is 0 Å². The van der Waals surface area contributed by atoms with Crippen molar-refractivity contribution in [1.82, 2.24) is 5.32 Å². The number of hydrogen-bond acceptors (Lipinski definition) is 5. The molecule has 0 aromatic heterocycles. The molecule has 3 N–H and O–H groups in total. The number of carbonyl (C=O) groups is 1. The number of ether oxygens (including phenoxy) is 2. The Kier molecular flexibility index (Phi) is 3.70. The van der Waals surface area contributed by atoms with Crippen LogP contribution in [-0.4, -0.2) is 30.3 Å². The molecule has 6 heteroatoms. The van der Waals surface area contributed by atoms with Gasteiger partial charge in [-0.3, -0.25) is 4.79 Å². The number of methoxy groups -OCH3 is 2. The second-order valence-corrected chi connectivity index (χ2v) is 9.78. The summed E-state index contributed by atoms with van der Waals surface area (Å²) in [7, 11) is 3.16. The average Bonchev–Trinajstić information content (AvgIpc) is 2.70. The van der Waals surface area contributed by atoms with Crippen LogP contribution < -0.4 is 14.8 Å². The molecule has 6 rings (SSSR count). The first-order valence-electron chi connectivity index (χ1n) is 11.0. The zero-order valence-corrected chi connectivity index (χ0v) is 17.8. The van der Waals surface area contributed by atoms with Gasteiger partial charge in [0.15, 0.2) is 0 Å². The first kappa shape index (κ1) is 18.8. The molecular formula is C25H27NO5. The molecule has 4 aliphatic rings. The Balaban J connectivity index is 1.25. The lowest BCUT2D eigenvalue weighted by Crippen LogP contribution is -2.87. The van der Waals surface area contributed by atoms with Crippen molar-refractivity contribution in [3.05, 3.63) is 47.0 Å².